The van der Waals surface area contributed by atoms with Crippen molar-refractivity contribution >= 4 is 38.0 Å². The minimum absolute atomic E-state index is 0.0818. The molecule has 0 spiro atoms. The number of piperazine rings is 1. The summed E-state index contributed by atoms with van der Waals surface area (Å²) in [5.41, 5.74) is 3.43. The van der Waals surface area contributed by atoms with E-state index in [1.807, 2.05) is 18.3 Å². The van der Waals surface area contributed by atoms with Crippen LogP contribution in [0.2, 0.25) is 0 Å². The third-order valence-electron chi connectivity index (χ3n) is 5.58. The van der Waals surface area contributed by atoms with Crippen molar-refractivity contribution in [2.24, 2.45) is 0 Å². The largest absolute Gasteiger partial charge is 0.366 e. The molecule has 3 heterocycles. The molecule has 2 aromatic carbocycles. The summed E-state index contributed by atoms with van der Waals surface area (Å²) in [6, 6.07) is 18.8. The number of fused-ring (bicyclic) bond motifs is 2. The van der Waals surface area contributed by atoms with Crippen LogP contribution in [0.5, 0.6) is 0 Å². The first-order chi connectivity index (χ1) is 14.2. The molecule has 0 radical (unpaired) electrons. The molecule has 29 heavy (non-hydrogen) atoms. The van der Waals surface area contributed by atoms with Gasteiger partial charge in [0.2, 0.25) is 0 Å². The second-order valence-corrected chi connectivity index (χ2v) is 8.94. The first-order valence-corrected chi connectivity index (χ1v) is 10.8. The van der Waals surface area contributed by atoms with E-state index < -0.39 is 0 Å². The van der Waals surface area contributed by atoms with Crippen molar-refractivity contribution in [2.45, 2.75) is 19.4 Å². The molecule has 0 aliphatic carbocycles. The maximum Gasteiger partial charge on any atom is 0.197 e. The van der Waals surface area contributed by atoms with Gasteiger partial charge in [0.1, 0.15) is 0 Å². The van der Waals surface area contributed by atoms with Crippen LogP contribution in [-0.4, -0.2) is 30.7 Å². The molecule has 4 nitrogen and oxygen atoms in total. The van der Waals surface area contributed by atoms with Crippen LogP contribution in [0, 0.1) is 6.92 Å². The summed E-state index contributed by atoms with van der Waals surface area (Å²) in [6.45, 7) is 4.78. The topological polar surface area (TPSA) is 45.2 Å². The van der Waals surface area contributed by atoms with Crippen molar-refractivity contribution < 1.29 is 0 Å². The van der Waals surface area contributed by atoms with Gasteiger partial charge < -0.3 is 10.2 Å². The fourth-order valence-corrected chi connectivity index (χ4v) is 5.25. The Labute approximate surface area is 173 Å². The quantitative estimate of drug-likeness (QED) is 0.560. The molecule has 1 N–H and O–H groups in total. The van der Waals surface area contributed by atoms with Crippen molar-refractivity contribution in [3.63, 3.8) is 0 Å². The van der Waals surface area contributed by atoms with Gasteiger partial charge in [-0.15, -0.1) is 11.3 Å². The van der Waals surface area contributed by atoms with Crippen LogP contribution in [0.15, 0.2) is 65.6 Å². The summed E-state index contributed by atoms with van der Waals surface area (Å²) in [4.78, 5) is 21.2. The molecule has 1 fully saturated rings. The molecule has 146 valence electrons. The fraction of sp³-hybridized carbons (Fsp3) is 0.250. The molecule has 0 saturated carbocycles. The summed E-state index contributed by atoms with van der Waals surface area (Å²) in [6.07, 6.45) is 2.81. The Bertz CT molecular complexity index is 1240. The lowest BCUT2D eigenvalue weighted by Crippen LogP contribution is -2.51. The van der Waals surface area contributed by atoms with Gasteiger partial charge in [0.15, 0.2) is 5.43 Å². The lowest BCUT2D eigenvalue weighted by molar-refractivity contribution is 0.456. The van der Waals surface area contributed by atoms with E-state index in [0.717, 1.165) is 57.6 Å². The lowest BCUT2D eigenvalue weighted by Gasteiger charge is -2.35. The van der Waals surface area contributed by atoms with E-state index in [1.54, 1.807) is 17.4 Å². The van der Waals surface area contributed by atoms with Crippen LogP contribution in [-0.2, 0) is 6.42 Å². The predicted molar refractivity (Wildman–Crippen MR) is 122 cm³/mol. The number of nitrogens with one attached hydrogen (secondary N) is 1. The molecule has 4 aromatic rings. The van der Waals surface area contributed by atoms with Crippen LogP contribution in [0.25, 0.3) is 21.0 Å². The number of hydrogen-bond donors (Lipinski definition) is 1. The second-order valence-electron chi connectivity index (χ2n) is 7.69. The highest BCUT2D eigenvalue weighted by Crippen LogP contribution is 2.35. The minimum Gasteiger partial charge on any atom is -0.366 e. The van der Waals surface area contributed by atoms with Crippen molar-refractivity contribution in [1.29, 1.82) is 0 Å². The predicted octanol–water partition coefficient (Wildman–Crippen LogP) is 4.14. The van der Waals surface area contributed by atoms with Crippen LogP contribution >= 0.6 is 11.3 Å². The summed E-state index contributed by atoms with van der Waals surface area (Å²) in [7, 11) is 0. The molecule has 5 heteroatoms. The Morgan fingerprint density at radius 1 is 1.17 bits per heavy atom. The lowest BCUT2D eigenvalue weighted by atomic mass is 10.0. The fourth-order valence-electron chi connectivity index (χ4n) is 4.32. The number of hydrogen-bond acceptors (Lipinski definition) is 5. The van der Waals surface area contributed by atoms with Gasteiger partial charge in [0.05, 0.1) is 15.9 Å². The van der Waals surface area contributed by atoms with Crippen molar-refractivity contribution in [1.82, 2.24) is 10.3 Å². The van der Waals surface area contributed by atoms with E-state index in [1.165, 1.54) is 5.56 Å². The zero-order valence-corrected chi connectivity index (χ0v) is 17.2. The Hall–Kier alpha value is -2.76. The first kappa shape index (κ1) is 18.3. The molecule has 1 aliphatic heterocycles. The van der Waals surface area contributed by atoms with Crippen molar-refractivity contribution in [3.05, 3.63) is 81.5 Å². The minimum atomic E-state index is 0.0818. The van der Waals surface area contributed by atoms with E-state index in [0.29, 0.717) is 6.04 Å². The average molecular weight is 402 g/mol. The maximum atomic E-state index is 12.9. The number of nitrogens with zero attached hydrogens (tertiary/aromatic N) is 2. The number of anilines is 1. The Morgan fingerprint density at radius 3 is 2.90 bits per heavy atom. The number of aromatic nitrogens is 1. The highest BCUT2D eigenvalue weighted by Gasteiger charge is 2.24. The highest BCUT2D eigenvalue weighted by molar-refractivity contribution is 7.19. The monoisotopic (exact) mass is 401 g/mol. The van der Waals surface area contributed by atoms with Crippen molar-refractivity contribution in [2.75, 3.05) is 24.5 Å². The molecular formula is C24H23N3OS. The van der Waals surface area contributed by atoms with Gasteiger partial charge >= 0.3 is 0 Å². The first-order valence-electron chi connectivity index (χ1n) is 10.0. The molecule has 0 bridgehead atoms. The van der Waals surface area contributed by atoms with E-state index in [2.05, 4.69) is 53.5 Å². The Morgan fingerprint density at radius 2 is 2.03 bits per heavy atom. The molecule has 1 unspecified atom stereocenters. The molecule has 2 aromatic heterocycles. The van der Waals surface area contributed by atoms with Gasteiger partial charge in [0.25, 0.3) is 0 Å². The number of aryl methyl sites for hydroxylation is 1. The average Bonchev–Trinajstić information content (AvgIpc) is 3.07. The van der Waals surface area contributed by atoms with E-state index in [4.69, 9.17) is 4.98 Å². The number of thiophene rings is 1. The molecule has 1 saturated heterocycles. The van der Waals surface area contributed by atoms with Gasteiger partial charge in [0, 0.05) is 47.5 Å². The Balaban J connectivity index is 1.63. The van der Waals surface area contributed by atoms with Crippen LogP contribution in [0.3, 0.4) is 0 Å². The zero-order valence-electron chi connectivity index (χ0n) is 16.4. The second kappa shape index (κ2) is 7.58. The normalized spacial score (nSPS) is 17.1. The third-order valence-corrected chi connectivity index (χ3v) is 6.65. The van der Waals surface area contributed by atoms with Gasteiger partial charge in [-0.3, -0.25) is 9.78 Å². The van der Waals surface area contributed by atoms with Crippen molar-refractivity contribution in [3.8, 4) is 0 Å². The number of pyridine rings is 1. The Kier molecular flexibility index (Phi) is 4.78. The van der Waals surface area contributed by atoms with Gasteiger partial charge in [-0.1, -0.05) is 36.4 Å². The molecule has 1 atom stereocenters. The van der Waals surface area contributed by atoms with E-state index in [9.17, 15) is 4.79 Å². The van der Waals surface area contributed by atoms with Crippen LogP contribution < -0.4 is 15.6 Å². The molecule has 0 amide bonds. The van der Waals surface area contributed by atoms with Crippen LogP contribution in [0.4, 0.5) is 5.69 Å². The smallest absolute Gasteiger partial charge is 0.197 e. The SMILES string of the molecule is Cc1cc2c(N3CCNC(Cc4ccccc4)C3)c3ncccc3cc(=O)c2s1. The maximum absolute atomic E-state index is 12.9. The van der Waals surface area contributed by atoms with Gasteiger partial charge in [-0.2, -0.15) is 0 Å². The van der Waals surface area contributed by atoms with Gasteiger partial charge in [-0.05, 0) is 37.1 Å². The summed E-state index contributed by atoms with van der Waals surface area (Å²) in [5, 5.41) is 5.61. The zero-order chi connectivity index (χ0) is 19.8. The molecule has 5 rings (SSSR count). The number of benzene rings is 1. The van der Waals surface area contributed by atoms with Crippen LogP contribution in [0.1, 0.15) is 10.4 Å². The summed E-state index contributed by atoms with van der Waals surface area (Å²) < 4.78 is 0.827. The molecular weight excluding hydrogens is 378 g/mol. The summed E-state index contributed by atoms with van der Waals surface area (Å²) in [5.74, 6) is 0. The summed E-state index contributed by atoms with van der Waals surface area (Å²) >= 11 is 1.58. The van der Waals surface area contributed by atoms with Gasteiger partial charge in [-0.25, -0.2) is 0 Å². The number of rotatable bonds is 3. The van der Waals surface area contributed by atoms with E-state index >= 15 is 0 Å². The third kappa shape index (κ3) is 3.52. The van der Waals surface area contributed by atoms with E-state index in [-0.39, 0.29) is 5.43 Å². The standard InChI is InChI=1S/C24H23N3OS/c1-16-12-20-23(22-18(8-5-9-26-22)14-21(28)24(20)29-16)27-11-10-25-19(15-27)13-17-6-3-2-4-7-17/h2-9,12,14,19,25H,10-11,13,15H2,1H3. The molecule has 1 aliphatic rings. The highest BCUT2D eigenvalue weighted by atomic mass is 32.1.